The van der Waals surface area contributed by atoms with Crippen LogP contribution in [0.4, 0.5) is 0 Å². The second-order valence-electron chi connectivity index (χ2n) is 3.77. The summed E-state index contributed by atoms with van der Waals surface area (Å²) >= 11 is 0. The average Bonchev–Trinajstić information content (AvgIpc) is 2.30. The molecule has 0 aromatic rings. The van der Waals surface area contributed by atoms with Gasteiger partial charge in [0.2, 0.25) is 0 Å². The fraction of sp³-hybridized carbons (Fsp3) is 0.800. The Bertz CT molecular complexity index is 210. The summed E-state index contributed by atoms with van der Waals surface area (Å²) in [5, 5.41) is 9.40. The van der Waals surface area contributed by atoms with Gasteiger partial charge in [0, 0.05) is 25.7 Å². The van der Waals surface area contributed by atoms with Gasteiger partial charge in [-0.2, -0.15) is 0 Å². The summed E-state index contributed by atoms with van der Waals surface area (Å²) in [6.07, 6.45) is 1.84. The molecule has 0 aliphatic heterocycles. The number of ketones is 2. The largest absolute Gasteiger partial charge is 0.392 e. The zero-order chi connectivity index (χ0) is 9.84. The highest BCUT2D eigenvalue weighted by Crippen LogP contribution is 2.26. The summed E-state index contributed by atoms with van der Waals surface area (Å²) in [6.45, 7) is 1.95. The monoisotopic (exact) mass is 184 g/mol. The van der Waals surface area contributed by atoms with Gasteiger partial charge in [-0.15, -0.1) is 0 Å². The number of hydrogen-bond donors (Lipinski definition) is 1. The van der Waals surface area contributed by atoms with Gasteiger partial charge in [-0.1, -0.05) is 6.92 Å². The maximum absolute atomic E-state index is 11.2. The van der Waals surface area contributed by atoms with E-state index in [0.29, 0.717) is 19.3 Å². The maximum Gasteiger partial charge on any atom is 0.135 e. The summed E-state index contributed by atoms with van der Waals surface area (Å²) in [7, 11) is 0. The van der Waals surface area contributed by atoms with Crippen LogP contribution < -0.4 is 0 Å². The van der Waals surface area contributed by atoms with Crippen LogP contribution in [0.3, 0.4) is 0 Å². The van der Waals surface area contributed by atoms with Crippen molar-refractivity contribution in [2.24, 2.45) is 5.92 Å². The molecular weight excluding hydrogens is 168 g/mol. The number of aliphatic hydroxyl groups excluding tert-OH is 1. The first-order valence-corrected chi connectivity index (χ1v) is 4.85. The smallest absolute Gasteiger partial charge is 0.135 e. The van der Waals surface area contributed by atoms with Gasteiger partial charge in [-0.3, -0.25) is 9.59 Å². The minimum absolute atomic E-state index is 0.0850. The summed E-state index contributed by atoms with van der Waals surface area (Å²) in [6, 6.07) is 0. The lowest BCUT2D eigenvalue weighted by molar-refractivity contribution is -0.120. The van der Waals surface area contributed by atoms with Crippen molar-refractivity contribution in [3.63, 3.8) is 0 Å². The zero-order valence-electron chi connectivity index (χ0n) is 7.95. The van der Waals surface area contributed by atoms with E-state index >= 15 is 0 Å². The van der Waals surface area contributed by atoms with Crippen LogP contribution in [-0.2, 0) is 9.59 Å². The fourth-order valence-corrected chi connectivity index (χ4v) is 1.79. The number of rotatable bonds is 4. The van der Waals surface area contributed by atoms with E-state index < -0.39 is 6.10 Å². The molecule has 0 bridgehead atoms. The third-order valence-corrected chi connectivity index (χ3v) is 2.49. The van der Waals surface area contributed by atoms with Crippen LogP contribution in [0.2, 0.25) is 0 Å². The van der Waals surface area contributed by atoms with Gasteiger partial charge >= 0.3 is 0 Å². The molecule has 2 atom stereocenters. The molecule has 0 aromatic carbocycles. The number of carbonyl (C=O) groups is 2. The molecule has 1 saturated carbocycles. The lowest BCUT2D eigenvalue weighted by Crippen LogP contribution is -2.16. The Balaban J connectivity index is 2.36. The Labute approximate surface area is 78.1 Å². The molecule has 1 aliphatic carbocycles. The first-order valence-electron chi connectivity index (χ1n) is 4.85. The summed E-state index contributed by atoms with van der Waals surface area (Å²) in [4.78, 5) is 22.2. The highest BCUT2D eigenvalue weighted by atomic mass is 16.3. The molecule has 0 spiro atoms. The van der Waals surface area contributed by atoms with Crippen LogP contribution in [0.25, 0.3) is 0 Å². The molecule has 3 nitrogen and oxygen atoms in total. The van der Waals surface area contributed by atoms with E-state index in [1.54, 1.807) is 0 Å². The summed E-state index contributed by atoms with van der Waals surface area (Å²) in [5.74, 6) is 0.148. The first-order chi connectivity index (χ1) is 6.13. The standard InChI is InChI=1S/C10H16O3/c1-2-3-8(11)4-7-5-9(12)6-10(7)13/h7,10,13H,2-6H2,1H3. The van der Waals surface area contributed by atoms with Crippen LogP contribution in [0, 0.1) is 5.92 Å². The highest BCUT2D eigenvalue weighted by molar-refractivity contribution is 5.84. The van der Waals surface area contributed by atoms with E-state index in [1.807, 2.05) is 6.92 Å². The fourth-order valence-electron chi connectivity index (χ4n) is 1.79. The zero-order valence-corrected chi connectivity index (χ0v) is 7.95. The lowest BCUT2D eigenvalue weighted by Gasteiger charge is -2.11. The van der Waals surface area contributed by atoms with Crippen LogP contribution in [0.5, 0.6) is 0 Å². The van der Waals surface area contributed by atoms with E-state index in [-0.39, 0.29) is 23.9 Å². The molecule has 1 fully saturated rings. The van der Waals surface area contributed by atoms with Crippen LogP contribution >= 0.6 is 0 Å². The van der Waals surface area contributed by atoms with Crippen LogP contribution in [0.1, 0.15) is 39.0 Å². The lowest BCUT2D eigenvalue weighted by atomic mass is 9.97. The van der Waals surface area contributed by atoms with Crippen molar-refractivity contribution in [1.82, 2.24) is 0 Å². The molecule has 1 aliphatic rings. The van der Waals surface area contributed by atoms with Crippen molar-refractivity contribution in [1.29, 1.82) is 0 Å². The predicted molar refractivity (Wildman–Crippen MR) is 48.3 cm³/mol. The maximum atomic E-state index is 11.2. The topological polar surface area (TPSA) is 54.4 Å². The molecule has 2 unspecified atom stereocenters. The summed E-state index contributed by atoms with van der Waals surface area (Å²) < 4.78 is 0. The third kappa shape index (κ3) is 2.92. The van der Waals surface area contributed by atoms with E-state index in [1.165, 1.54) is 0 Å². The first kappa shape index (κ1) is 10.4. The van der Waals surface area contributed by atoms with Gasteiger partial charge in [0.25, 0.3) is 0 Å². The van der Waals surface area contributed by atoms with Gasteiger partial charge in [0.15, 0.2) is 0 Å². The van der Waals surface area contributed by atoms with Crippen molar-refractivity contribution in [3.05, 3.63) is 0 Å². The van der Waals surface area contributed by atoms with Crippen LogP contribution in [-0.4, -0.2) is 22.8 Å². The SMILES string of the molecule is CCCC(=O)CC1CC(=O)CC1O. The van der Waals surface area contributed by atoms with Crippen molar-refractivity contribution in [2.75, 3.05) is 0 Å². The molecule has 3 heteroatoms. The Morgan fingerprint density at radius 2 is 2.23 bits per heavy atom. The molecule has 0 amide bonds. The van der Waals surface area contributed by atoms with Gasteiger partial charge in [-0.05, 0) is 12.3 Å². The second kappa shape index (κ2) is 4.51. The molecule has 1 N–H and O–H groups in total. The minimum atomic E-state index is -0.576. The Morgan fingerprint density at radius 3 is 2.69 bits per heavy atom. The summed E-state index contributed by atoms with van der Waals surface area (Å²) in [5.41, 5.74) is 0. The van der Waals surface area contributed by atoms with Gasteiger partial charge < -0.3 is 5.11 Å². The number of hydrogen-bond acceptors (Lipinski definition) is 3. The van der Waals surface area contributed by atoms with Crippen LogP contribution in [0.15, 0.2) is 0 Å². The van der Waals surface area contributed by atoms with Gasteiger partial charge in [-0.25, -0.2) is 0 Å². The Hall–Kier alpha value is -0.700. The van der Waals surface area contributed by atoms with Crippen molar-refractivity contribution >= 4 is 11.6 Å². The molecule has 0 radical (unpaired) electrons. The molecular formula is C10H16O3. The minimum Gasteiger partial charge on any atom is -0.392 e. The van der Waals surface area contributed by atoms with Crippen molar-refractivity contribution in [3.8, 4) is 0 Å². The molecule has 0 heterocycles. The van der Waals surface area contributed by atoms with E-state index in [4.69, 9.17) is 0 Å². The Morgan fingerprint density at radius 1 is 1.54 bits per heavy atom. The van der Waals surface area contributed by atoms with E-state index in [2.05, 4.69) is 0 Å². The quantitative estimate of drug-likeness (QED) is 0.711. The normalized spacial score (nSPS) is 28.0. The van der Waals surface area contributed by atoms with E-state index in [9.17, 15) is 14.7 Å². The average molecular weight is 184 g/mol. The third-order valence-electron chi connectivity index (χ3n) is 2.49. The predicted octanol–water partition coefficient (Wildman–Crippen LogP) is 1.09. The second-order valence-corrected chi connectivity index (χ2v) is 3.77. The highest BCUT2D eigenvalue weighted by Gasteiger charge is 2.32. The molecule has 74 valence electrons. The Kier molecular flexibility index (Phi) is 3.60. The van der Waals surface area contributed by atoms with Crippen molar-refractivity contribution < 1.29 is 14.7 Å². The molecule has 0 aromatic heterocycles. The molecule has 1 rings (SSSR count). The van der Waals surface area contributed by atoms with Gasteiger partial charge in [0.05, 0.1) is 6.10 Å². The molecule has 13 heavy (non-hydrogen) atoms. The van der Waals surface area contributed by atoms with Gasteiger partial charge in [0.1, 0.15) is 11.6 Å². The molecule has 0 saturated heterocycles. The number of Topliss-reactive ketones (excluding diaryl/α,β-unsaturated/α-hetero) is 2. The van der Waals surface area contributed by atoms with Crippen molar-refractivity contribution in [2.45, 2.75) is 45.1 Å². The van der Waals surface area contributed by atoms with E-state index in [0.717, 1.165) is 6.42 Å². The number of aliphatic hydroxyl groups is 1. The number of carbonyl (C=O) groups excluding carboxylic acids is 2.